The Morgan fingerprint density at radius 2 is 2.17 bits per heavy atom. The molecule has 1 amide bonds. The third-order valence-electron chi connectivity index (χ3n) is 2.43. The van der Waals surface area contributed by atoms with E-state index in [0.29, 0.717) is 19.4 Å². The van der Waals surface area contributed by atoms with Crippen molar-refractivity contribution in [2.75, 3.05) is 11.9 Å². The Morgan fingerprint density at radius 3 is 2.78 bits per heavy atom. The van der Waals surface area contributed by atoms with Crippen LogP contribution in [0.4, 0.5) is 5.69 Å². The van der Waals surface area contributed by atoms with Gasteiger partial charge >= 0.3 is 0 Å². The van der Waals surface area contributed by atoms with Crippen LogP contribution in [0.25, 0.3) is 0 Å². The van der Waals surface area contributed by atoms with Crippen LogP contribution in [0.2, 0.25) is 0 Å². The molecule has 4 nitrogen and oxygen atoms in total. The summed E-state index contributed by atoms with van der Waals surface area (Å²) in [4.78, 5) is 11.7. The topological polar surface area (TPSA) is 64.3 Å². The summed E-state index contributed by atoms with van der Waals surface area (Å²) in [6, 6.07) is 7.37. The SMILES string of the molecule is CCOc1cccc(NC(=O)CCC(C)(C)N)c1. The van der Waals surface area contributed by atoms with Gasteiger partial charge in [-0.15, -0.1) is 0 Å². The fourth-order valence-corrected chi connectivity index (χ4v) is 1.49. The zero-order chi connectivity index (χ0) is 13.6. The Morgan fingerprint density at radius 1 is 1.44 bits per heavy atom. The predicted octanol–water partition coefficient (Wildman–Crippen LogP) is 2.54. The number of nitrogens with two attached hydrogens (primary N) is 1. The average Bonchev–Trinajstić information content (AvgIpc) is 2.26. The maximum atomic E-state index is 11.7. The fourth-order valence-electron chi connectivity index (χ4n) is 1.49. The van der Waals surface area contributed by atoms with Crippen molar-refractivity contribution >= 4 is 11.6 Å². The standard InChI is InChI=1S/C14H22N2O2/c1-4-18-12-7-5-6-11(10-12)16-13(17)8-9-14(2,3)15/h5-7,10H,4,8-9,15H2,1-3H3,(H,16,17). The van der Waals surface area contributed by atoms with Gasteiger partial charge in [-0.25, -0.2) is 0 Å². The van der Waals surface area contributed by atoms with Crippen LogP contribution in [0, 0.1) is 0 Å². The van der Waals surface area contributed by atoms with Crippen LogP contribution in [0.1, 0.15) is 33.6 Å². The highest BCUT2D eigenvalue weighted by Gasteiger charge is 2.13. The predicted molar refractivity (Wildman–Crippen MR) is 73.7 cm³/mol. The average molecular weight is 250 g/mol. The summed E-state index contributed by atoms with van der Waals surface area (Å²) in [5, 5.41) is 2.84. The maximum Gasteiger partial charge on any atom is 0.224 e. The van der Waals surface area contributed by atoms with Crippen molar-refractivity contribution in [2.45, 2.75) is 39.2 Å². The van der Waals surface area contributed by atoms with Gasteiger partial charge in [0.25, 0.3) is 0 Å². The lowest BCUT2D eigenvalue weighted by Crippen LogP contribution is -2.33. The highest BCUT2D eigenvalue weighted by molar-refractivity contribution is 5.90. The van der Waals surface area contributed by atoms with Gasteiger partial charge in [-0.2, -0.15) is 0 Å². The summed E-state index contributed by atoms with van der Waals surface area (Å²) in [5.41, 5.74) is 6.28. The van der Waals surface area contributed by atoms with Crippen LogP contribution < -0.4 is 15.8 Å². The lowest BCUT2D eigenvalue weighted by molar-refractivity contribution is -0.116. The molecule has 4 heteroatoms. The molecule has 1 aromatic carbocycles. The maximum absolute atomic E-state index is 11.7. The van der Waals surface area contributed by atoms with E-state index in [9.17, 15) is 4.79 Å². The van der Waals surface area contributed by atoms with Crippen LogP contribution in [-0.2, 0) is 4.79 Å². The summed E-state index contributed by atoms with van der Waals surface area (Å²) in [6.07, 6.45) is 1.08. The molecule has 0 heterocycles. The molecule has 0 bridgehead atoms. The molecule has 1 rings (SSSR count). The second kappa shape index (κ2) is 6.40. The molecule has 0 saturated heterocycles. The summed E-state index contributed by atoms with van der Waals surface area (Å²) in [6.45, 7) is 6.36. The van der Waals surface area contributed by atoms with E-state index in [-0.39, 0.29) is 11.4 Å². The molecule has 0 aliphatic rings. The second-order valence-corrected chi connectivity index (χ2v) is 5.00. The molecule has 0 spiro atoms. The largest absolute Gasteiger partial charge is 0.494 e. The third-order valence-corrected chi connectivity index (χ3v) is 2.43. The highest BCUT2D eigenvalue weighted by atomic mass is 16.5. The lowest BCUT2D eigenvalue weighted by atomic mass is 10.00. The Labute approximate surface area is 109 Å². The van der Waals surface area contributed by atoms with Gasteiger partial charge in [-0.3, -0.25) is 4.79 Å². The number of hydrogen-bond acceptors (Lipinski definition) is 3. The van der Waals surface area contributed by atoms with Crippen LogP contribution in [0.5, 0.6) is 5.75 Å². The van der Waals surface area contributed by atoms with Crippen molar-refractivity contribution in [1.82, 2.24) is 0 Å². The highest BCUT2D eigenvalue weighted by Crippen LogP contribution is 2.18. The minimum atomic E-state index is -0.315. The summed E-state index contributed by atoms with van der Waals surface area (Å²) in [5.74, 6) is 0.733. The van der Waals surface area contributed by atoms with Gasteiger partial charge in [-0.05, 0) is 39.3 Å². The monoisotopic (exact) mass is 250 g/mol. The van der Waals surface area contributed by atoms with Crippen molar-refractivity contribution in [3.8, 4) is 5.75 Å². The number of anilines is 1. The number of rotatable bonds is 6. The number of benzene rings is 1. The quantitative estimate of drug-likeness (QED) is 0.815. The van der Waals surface area contributed by atoms with Crippen molar-refractivity contribution < 1.29 is 9.53 Å². The first-order valence-corrected chi connectivity index (χ1v) is 6.22. The molecule has 0 aliphatic heterocycles. The Balaban J connectivity index is 2.51. The third kappa shape index (κ3) is 5.68. The summed E-state index contributed by atoms with van der Waals surface area (Å²) in [7, 11) is 0. The van der Waals surface area contributed by atoms with E-state index in [1.807, 2.05) is 45.0 Å². The van der Waals surface area contributed by atoms with Gasteiger partial charge in [0.2, 0.25) is 5.91 Å². The van der Waals surface area contributed by atoms with E-state index in [0.717, 1.165) is 11.4 Å². The first-order chi connectivity index (χ1) is 8.40. The number of hydrogen-bond donors (Lipinski definition) is 2. The molecule has 0 atom stereocenters. The van der Waals surface area contributed by atoms with Crippen molar-refractivity contribution in [1.29, 1.82) is 0 Å². The molecule has 18 heavy (non-hydrogen) atoms. The second-order valence-electron chi connectivity index (χ2n) is 5.00. The van der Waals surface area contributed by atoms with E-state index < -0.39 is 0 Å². The van der Waals surface area contributed by atoms with E-state index in [1.54, 1.807) is 0 Å². The van der Waals surface area contributed by atoms with E-state index in [1.165, 1.54) is 0 Å². The van der Waals surface area contributed by atoms with E-state index >= 15 is 0 Å². The number of carbonyl (C=O) groups excluding carboxylic acids is 1. The lowest BCUT2D eigenvalue weighted by Gasteiger charge is -2.17. The van der Waals surface area contributed by atoms with Crippen molar-refractivity contribution in [3.63, 3.8) is 0 Å². The fraction of sp³-hybridized carbons (Fsp3) is 0.500. The number of amides is 1. The van der Waals surface area contributed by atoms with Crippen LogP contribution in [0.15, 0.2) is 24.3 Å². The molecule has 100 valence electrons. The molecule has 3 N–H and O–H groups in total. The molecule has 0 saturated carbocycles. The molecule has 0 unspecified atom stereocenters. The minimum Gasteiger partial charge on any atom is -0.494 e. The Kier molecular flexibility index (Phi) is 5.16. The van der Waals surface area contributed by atoms with Gasteiger partial charge < -0.3 is 15.8 Å². The van der Waals surface area contributed by atoms with Gasteiger partial charge in [0.1, 0.15) is 5.75 Å². The number of carbonyl (C=O) groups is 1. The first kappa shape index (κ1) is 14.5. The summed E-state index contributed by atoms with van der Waals surface area (Å²) < 4.78 is 5.37. The Bertz CT molecular complexity index is 397. The van der Waals surface area contributed by atoms with Gasteiger partial charge in [0.15, 0.2) is 0 Å². The smallest absolute Gasteiger partial charge is 0.224 e. The van der Waals surface area contributed by atoms with Gasteiger partial charge in [-0.1, -0.05) is 6.07 Å². The minimum absolute atomic E-state index is 0.0258. The molecule has 0 fully saturated rings. The molecule has 0 radical (unpaired) electrons. The molecular weight excluding hydrogens is 228 g/mol. The van der Waals surface area contributed by atoms with E-state index in [4.69, 9.17) is 10.5 Å². The number of ether oxygens (including phenoxy) is 1. The first-order valence-electron chi connectivity index (χ1n) is 6.22. The number of nitrogens with one attached hydrogen (secondary N) is 1. The molecule has 0 aromatic heterocycles. The van der Waals surface area contributed by atoms with Gasteiger partial charge in [0, 0.05) is 23.7 Å². The normalized spacial score (nSPS) is 11.1. The van der Waals surface area contributed by atoms with E-state index in [2.05, 4.69) is 5.32 Å². The molecule has 0 aliphatic carbocycles. The van der Waals surface area contributed by atoms with Crippen LogP contribution >= 0.6 is 0 Å². The molecular formula is C14H22N2O2. The zero-order valence-electron chi connectivity index (χ0n) is 11.3. The van der Waals surface area contributed by atoms with Gasteiger partial charge in [0.05, 0.1) is 6.61 Å². The Hall–Kier alpha value is -1.55. The van der Waals surface area contributed by atoms with Crippen molar-refractivity contribution in [3.05, 3.63) is 24.3 Å². The zero-order valence-corrected chi connectivity index (χ0v) is 11.3. The molecule has 1 aromatic rings. The van der Waals surface area contributed by atoms with Crippen LogP contribution in [-0.4, -0.2) is 18.1 Å². The van der Waals surface area contributed by atoms with Crippen molar-refractivity contribution in [2.24, 2.45) is 5.73 Å². The van der Waals surface area contributed by atoms with Crippen LogP contribution in [0.3, 0.4) is 0 Å². The summed E-state index contributed by atoms with van der Waals surface area (Å²) >= 11 is 0.